The molecule has 0 heterocycles. The summed E-state index contributed by atoms with van der Waals surface area (Å²) < 4.78 is 0. The summed E-state index contributed by atoms with van der Waals surface area (Å²) in [7, 11) is 2.03. The number of hydrogen-bond acceptors (Lipinski definition) is 3. The summed E-state index contributed by atoms with van der Waals surface area (Å²) in [6, 6.07) is 16.8. The van der Waals surface area contributed by atoms with Crippen LogP contribution >= 0.6 is 24.8 Å². The Morgan fingerprint density at radius 3 is 2.25 bits per heavy atom. The zero-order chi connectivity index (χ0) is 16.1. The van der Waals surface area contributed by atoms with E-state index in [1.54, 1.807) is 0 Å². The van der Waals surface area contributed by atoms with E-state index in [0.29, 0.717) is 6.04 Å². The molecule has 3 N–H and O–H groups in total. The molecular formula is C18H25Cl2N3O. The lowest BCUT2D eigenvalue weighted by molar-refractivity contribution is -0.117. The van der Waals surface area contributed by atoms with Gasteiger partial charge < -0.3 is 16.0 Å². The number of benzene rings is 2. The predicted molar refractivity (Wildman–Crippen MR) is 106 cm³/mol. The first-order chi connectivity index (χ1) is 10.5. The second-order valence-corrected chi connectivity index (χ2v) is 5.63. The van der Waals surface area contributed by atoms with Crippen LogP contribution in [0.15, 0.2) is 54.6 Å². The van der Waals surface area contributed by atoms with Gasteiger partial charge in [0.15, 0.2) is 0 Å². The molecule has 6 heteroatoms. The zero-order valence-corrected chi connectivity index (χ0v) is 15.7. The standard InChI is InChI=1S/C18H23N3O.2ClH/c1-13(2)21(3)16-11-7-10-15(12-16)20-18(22)17(19)14-8-5-4-6-9-14;;/h4-13,17H,19H2,1-3H3,(H,20,22);2*1H. The van der Waals surface area contributed by atoms with E-state index in [4.69, 9.17) is 5.73 Å². The van der Waals surface area contributed by atoms with Gasteiger partial charge in [-0.2, -0.15) is 0 Å². The minimum atomic E-state index is -0.673. The number of nitrogens with two attached hydrogens (primary N) is 1. The Kier molecular flexibility index (Phi) is 9.44. The van der Waals surface area contributed by atoms with Gasteiger partial charge in [0, 0.05) is 24.5 Å². The second-order valence-electron chi connectivity index (χ2n) is 5.63. The molecule has 0 fully saturated rings. The number of anilines is 2. The first-order valence-corrected chi connectivity index (χ1v) is 7.43. The van der Waals surface area contributed by atoms with Gasteiger partial charge in [0.05, 0.1) is 0 Å². The molecule has 0 saturated carbocycles. The molecule has 0 aromatic heterocycles. The Morgan fingerprint density at radius 1 is 1.04 bits per heavy atom. The van der Waals surface area contributed by atoms with E-state index in [9.17, 15) is 4.79 Å². The molecule has 0 aliphatic rings. The third-order valence-electron chi connectivity index (χ3n) is 3.74. The fourth-order valence-corrected chi connectivity index (χ4v) is 2.13. The van der Waals surface area contributed by atoms with Crippen molar-refractivity contribution < 1.29 is 4.79 Å². The summed E-state index contributed by atoms with van der Waals surface area (Å²) in [6.45, 7) is 4.24. The van der Waals surface area contributed by atoms with Crippen LogP contribution in [0.25, 0.3) is 0 Å². The van der Waals surface area contributed by atoms with Crippen LogP contribution in [0, 0.1) is 0 Å². The molecule has 0 bridgehead atoms. The minimum Gasteiger partial charge on any atom is -0.372 e. The zero-order valence-electron chi connectivity index (χ0n) is 14.1. The number of nitrogens with zero attached hydrogens (tertiary/aromatic N) is 1. The van der Waals surface area contributed by atoms with Gasteiger partial charge in [-0.05, 0) is 37.6 Å². The molecule has 132 valence electrons. The summed E-state index contributed by atoms with van der Waals surface area (Å²) in [6.07, 6.45) is 0. The molecule has 0 spiro atoms. The number of nitrogens with one attached hydrogen (secondary N) is 1. The van der Waals surface area contributed by atoms with E-state index in [1.807, 2.05) is 61.6 Å². The van der Waals surface area contributed by atoms with Crippen LogP contribution in [0.5, 0.6) is 0 Å². The fraction of sp³-hybridized carbons (Fsp3) is 0.278. The molecular weight excluding hydrogens is 345 g/mol. The van der Waals surface area contributed by atoms with Gasteiger partial charge in [-0.3, -0.25) is 4.79 Å². The second kappa shape index (κ2) is 10.2. The van der Waals surface area contributed by atoms with E-state index < -0.39 is 6.04 Å². The smallest absolute Gasteiger partial charge is 0.245 e. The summed E-state index contributed by atoms with van der Waals surface area (Å²) in [4.78, 5) is 14.4. The molecule has 2 aromatic carbocycles. The molecule has 0 saturated heterocycles. The van der Waals surface area contributed by atoms with E-state index in [-0.39, 0.29) is 30.7 Å². The Balaban J connectivity index is 0.00000264. The minimum absolute atomic E-state index is 0. The van der Waals surface area contributed by atoms with Gasteiger partial charge in [0.2, 0.25) is 5.91 Å². The molecule has 2 aromatic rings. The third-order valence-corrected chi connectivity index (χ3v) is 3.74. The number of amides is 1. The normalized spacial score (nSPS) is 11.0. The van der Waals surface area contributed by atoms with Crippen molar-refractivity contribution in [3.05, 3.63) is 60.2 Å². The number of halogens is 2. The maximum atomic E-state index is 12.3. The fourth-order valence-electron chi connectivity index (χ4n) is 2.13. The third kappa shape index (κ3) is 5.71. The van der Waals surface area contributed by atoms with Crippen LogP contribution in [-0.2, 0) is 4.79 Å². The average molecular weight is 370 g/mol. The van der Waals surface area contributed by atoms with Gasteiger partial charge in [-0.1, -0.05) is 36.4 Å². The van der Waals surface area contributed by atoms with Crippen molar-refractivity contribution in [3.63, 3.8) is 0 Å². The largest absolute Gasteiger partial charge is 0.372 e. The highest BCUT2D eigenvalue weighted by molar-refractivity contribution is 5.95. The monoisotopic (exact) mass is 369 g/mol. The molecule has 0 aliphatic heterocycles. The van der Waals surface area contributed by atoms with E-state index in [1.165, 1.54) is 0 Å². The topological polar surface area (TPSA) is 58.4 Å². The van der Waals surface area contributed by atoms with Gasteiger partial charge in [-0.15, -0.1) is 24.8 Å². The molecule has 1 amide bonds. The van der Waals surface area contributed by atoms with Crippen molar-refractivity contribution in [1.82, 2.24) is 0 Å². The van der Waals surface area contributed by atoms with E-state index in [2.05, 4.69) is 24.1 Å². The first kappa shape index (κ1) is 22.2. The lowest BCUT2D eigenvalue weighted by atomic mass is 10.1. The van der Waals surface area contributed by atoms with Crippen LogP contribution in [0.1, 0.15) is 25.5 Å². The Morgan fingerprint density at radius 2 is 1.67 bits per heavy atom. The van der Waals surface area contributed by atoms with Crippen LogP contribution in [0.2, 0.25) is 0 Å². The Bertz CT molecular complexity index is 635. The van der Waals surface area contributed by atoms with Crippen LogP contribution in [-0.4, -0.2) is 19.0 Å². The highest BCUT2D eigenvalue weighted by atomic mass is 35.5. The highest BCUT2D eigenvalue weighted by Gasteiger charge is 2.16. The summed E-state index contributed by atoms with van der Waals surface area (Å²) in [5.74, 6) is -0.212. The summed E-state index contributed by atoms with van der Waals surface area (Å²) in [5, 5.41) is 2.88. The number of rotatable bonds is 5. The molecule has 4 nitrogen and oxygen atoms in total. The first-order valence-electron chi connectivity index (χ1n) is 7.43. The van der Waals surface area contributed by atoms with Gasteiger partial charge in [0.1, 0.15) is 6.04 Å². The number of carbonyl (C=O) groups excluding carboxylic acids is 1. The predicted octanol–water partition coefficient (Wildman–Crippen LogP) is 4.01. The van der Waals surface area contributed by atoms with E-state index >= 15 is 0 Å². The van der Waals surface area contributed by atoms with Crippen molar-refractivity contribution >= 4 is 42.1 Å². The molecule has 0 aliphatic carbocycles. The van der Waals surface area contributed by atoms with Crippen LogP contribution < -0.4 is 16.0 Å². The van der Waals surface area contributed by atoms with Gasteiger partial charge >= 0.3 is 0 Å². The SMILES string of the molecule is CC(C)N(C)c1cccc(NC(=O)C(N)c2ccccc2)c1.Cl.Cl. The van der Waals surface area contributed by atoms with Crippen LogP contribution in [0.4, 0.5) is 11.4 Å². The number of hydrogen-bond donors (Lipinski definition) is 2. The summed E-state index contributed by atoms with van der Waals surface area (Å²) >= 11 is 0. The highest BCUT2D eigenvalue weighted by Crippen LogP contribution is 2.21. The van der Waals surface area contributed by atoms with E-state index in [0.717, 1.165) is 16.9 Å². The van der Waals surface area contributed by atoms with Crippen molar-refractivity contribution in [2.75, 3.05) is 17.3 Å². The number of carbonyl (C=O) groups is 1. The lowest BCUT2D eigenvalue weighted by Gasteiger charge is -2.24. The maximum absolute atomic E-state index is 12.3. The molecule has 1 unspecified atom stereocenters. The van der Waals surface area contributed by atoms with Crippen molar-refractivity contribution in [2.45, 2.75) is 25.9 Å². The Hall–Kier alpha value is -1.75. The molecule has 0 radical (unpaired) electrons. The summed E-state index contributed by atoms with van der Waals surface area (Å²) in [5.41, 5.74) is 8.62. The van der Waals surface area contributed by atoms with Crippen molar-refractivity contribution in [2.24, 2.45) is 5.73 Å². The molecule has 24 heavy (non-hydrogen) atoms. The average Bonchev–Trinajstić information content (AvgIpc) is 2.54. The van der Waals surface area contributed by atoms with Crippen molar-refractivity contribution in [3.8, 4) is 0 Å². The van der Waals surface area contributed by atoms with Gasteiger partial charge in [0.25, 0.3) is 0 Å². The lowest BCUT2D eigenvalue weighted by Crippen LogP contribution is -2.28. The van der Waals surface area contributed by atoms with Gasteiger partial charge in [-0.25, -0.2) is 0 Å². The molecule has 1 atom stereocenters. The Labute approximate surface area is 156 Å². The van der Waals surface area contributed by atoms with Crippen molar-refractivity contribution in [1.29, 1.82) is 0 Å². The maximum Gasteiger partial charge on any atom is 0.245 e. The quantitative estimate of drug-likeness (QED) is 0.836. The molecule has 2 rings (SSSR count). The van der Waals surface area contributed by atoms with Crippen LogP contribution in [0.3, 0.4) is 0 Å².